The zero-order valence-corrected chi connectivity index (χ0v) is 19.8. The molecule has 1 amide bonds. The summed E-state index contributed by atoms with van der Waals surface area (Å²) in [4.78, 5) is 12.9. The van der Waals surface area contributed by atoms with Crippen LogP contribution in [0.15, 0.2) is 78.0 Å². The van der Waals surface area contributed by atoms with Crippen LogP contribution in [-0.2, 0) is 17.9 Å². The lowest BCUT2D eigenvalue weighted by atomic mass is 10.2. The van der Waals surface area contributed by atoms with E-state index in [2.05, 4.69) is 15.5 Å². The van der Waals surface area contributed by atoms with Crippen molar-refractivity contribution >= 4 is 17.7 Å². The number of fused-ring (bicyclic) bond motifs is 1. The van der Waals surface area contributed by atoms with Crippen molar-refractivity contribution in [1.29, 1.82) is 0 Å². The van der Waals surface area contributed by atoms with Gasteiger partial charge < -0.3 is 14.8 Å². The second kappa shape index (κ2) is 10.2. The molecule has 0 saturated heterocycles. The molecule has 0 bridgehead atoms. The van der Waals surface area contributed by atoms with E-state index >= 15 is 0 Å². The maximum atomic E-state index is 13.5. The summed E-state index contributed by atoms with van der Waals surface area (Å²) in [6.07, 6.45) is 0. The summed E-state index contributed by atoms with van der Waals surface area (Å²) in [6, 6.07) is 21.7. The minimum Gasteiger partial charge on any atom is -0.454 e. The maximum Gasteiger partial charge on any atom is 0.233 e. The molecule has 4 aromatic rings. The lowest BCUT2D eigenvalue weighted by Gasteiger charge is -2.14. The zero-order chi connectivity index (χ0) is 24.2. The molecule has 0 spiro atoms. The van der Waals surface area contributed by atoms with Gasteiger partial charge in [-0.05, 0) is 54.4 Å². The van der Waals surface area contributed by atoms with Gasteiger partial charge in [-0.25, -0.2) is 4.39 Å². The first kappa shape index (κ1) is 22.9. The number of nitrogens with one attached hydrogen (secondary N) is 1. The van der Waals surface area contributed by atoms with Gasteiger partial charge in [-0.3, -0.25) is 9.36 Å². The fourth-order valence-electron chi connectivity index (χ4n) is 3.69. The molecule has 35 heavy (non-hydrogen) atoms. The minimum atomic E-state index is -0.413. The highest BCUT2D eigenvalue weighted by molar-refractivity contribution is 8.00. The second-order valence-electron chi connectivity index (χ2n) is 8.05. The Labute approximate surface area is 206 Å². The molecular formula is C26H23FN4O3S. The Kier molecular flexibility index (Phi) is 6.67. The molecule has 3 aromatic carbocycles. The van der Waals surface area contributed by atoms with Gasteiger partial charge in [0.25, 0.3) is 0 Å². The number of hydrogen-bond acceptors (Lipinski definition) is 6. The van der Waals surface area contributed by atoms with Gasteiger partial charge in [0.15, 0.2) is 22.5 Å². The van der Waals surface area contributed by atoms with E-state index < -0.39 is 5.25 Å². The number of thioether (sulfide) groups is 1. The van der Waals surface area contributed by atoms with Crippen molar-refractivity contribution in [1.82, 2.24) is 20.1 Å². The molecule has 0 radical (unpaired) electrons. The van der Waals surface area contributed by atoms with Crippen LogP contribution in [-0.4, -0.2) is 32.7 Å². The lowest BCUT2D eigenvalue weighted by molar-refractivity contribution is -0.120. The van der Waals surface area contributed by atoms with Gasteiger partial charge in [0.1, 0.15) is 5.82 Å². The molecule has 5 rings (SSSR count). The highest BCUT2D eigenvalue weighted by Crippen LogP contribution is 2.32. The molecule has 2 heterocycles. The number of carbonyl (C=O) groups excluding carboxylic acids is 1. The van der Waals surface area contributed by atoms with Gasteiger partial charge in [0.2, 0.25) is 12.7 Å². The average molecular weight is 491 g/mol. The SMILES string of the molecule is CC(Sc1nnc(-c2ccc(F)cc2)n1Cc1ccccc1)C(=O)NCc1ccc2c(c1)OCO2. The number of hydrogen-bond donors (Lipinski definition) is 1. The number of rotatable bonds is 8. The molecule has 9 heteroatoms. The number of carbonyl (C=O) groups is 1. The Hall–Kier alpha value is -3.85. The molecular weight excluding hydrogens is 467 g/mol. The first-order valence-corrected chi connectivity index (χ1v) is 12.0. The molecule has 1 aliphatic rings. The van der Waals surface area contributed by atoms with E-state index in [1.807, 2.05) is 60.0 Å². The van der Waals surface area contributed by atoms with E-state index in [9.17, 15) is 9.18 Å². The van der Waals surface area contributed by atoms with E-state index in [1.165, 1.54) is 23.9 Å². The van der Waals surface area contributed by atoms with Crippen molar-refractivity contribution < 1.29 is 18.7 Å². The fraction of sp³-hybridized carbons (Fsp3) is 0.192. The Morgan fingerprint density at radius 3 is 2.60 bits per heavy atom. The van der Waals surface area contributed by atoms with Crippen molar-refractivity contribution in [2.24, 2.45) is 0 Å². The Morgan fingerprint density at radius 2 is 1.80 bits per heavy atom. The second-order valence-corrected chi connectivity index (χ2v) is 9.36. The molecule has 1 atom stereocenters. The van der Waals surface area contributed by atoms with E-state index in [1.54, 1.807) is 12.1 Å². The summed E-state index contributed by atoms with van der Waals surface area (Å²) >= 11 is 1.33. The molecule has 1 aliphatic heterocycles. The Morgan fingerprint density at radius 1 is 1.03 bits per heavy atom. The molecule has 0 saturated carbocycles. The number of amides is 1. The lowest BCUT2D eigenvalue weighted by Crippen LogP contribution is -2.30. The molecule has 0 fully saturated rings. The normalized spacial score (nSPS) is 13.0. The van der Waals surface area contributed by atoms with Crippen LogP contribution in [0.1, 0.15) is 18.1 Å². The number of ether oxygens (including phenoxy) is 2. The summed E-state index contributed by atoms with van der Waals surface area (Å²) in [7, 11) is 0. The van der Waals surface area contributed by atoms with E-state index in [4.69, 9.17) is 9.47 Å². The smallest absolute Gasteiger partial charge is 0.233 e. The van der Waals surface area contributed by atoms with Crippen LogP contribution in [0.5, 0.6) is 11.5 Å². The van der Waals surface area contributed by atoms with Gasteiger partial charge in [0.05, 0.1) is 11.8 Å². The number of halogens is 1. The quantitative estimate of drug-likeness (QED) is 0.362. The highest BCUT2D eigenvalue weighted by atomic mass is 32.2. The van der Waals surface area contributed by atoms with Crippen molar-refractivity contribution in [2.75, 3.05) is 6.79 Å². The fourth-order valence-corrected chi connectivity index (χ4v) is 4.57. The zero-order valence-electron chi connectivity index (χ0n) is 19.0. The highest BCUT2D eigenvalue weighted by Gasteiger charge is 2.21. The standard InChI is InChI=1S/C26H23FN4O3S/c1-17(25(32)28-14-19-7-12-22-23(13-19)34-16-33-22)35-26-30-29-24(20-8-10-21(27)11-9-20)31(26)15-18-5-3-2-4-6-18/h2-13,17H,14-16H2,1H3,(H,28,32). The third-order valence-corrected chi connectivity index (χ3v) is 6.64. The van der Waals surface area contributed by atoms with Gasteiger partial charge in [-0.2, -0.15) is 0 Å². The van der Waals surface area contributed by atoms with Crippen molar-refractivity contribution in [3.05, 3.63) is 89.7 Å². The van der Waals surface area contributed by atoms with Gasteiger partial charge in [-0.15, -0.1) is 10.2 Å². The van der Waals surface area contributed by atoms with Crippen molar-refractivity contribution in [3.63, 3.8) is 0 Å². The van der Waals surface area contributed by atoms with Crippen LogP contribution in [0.2, 0.25) is 0 Å². The first-order valence-electron chi connectivity index (χ1n) is 11.1. The van der Waals surface area contributed by atoms with E-state index in [0.29, 0.717) is 35.6 Å². The summed E-state index contributed by atoms with van der Waals surface area (Å²) in [5, 5.41) is 11.9. The first-order chi connectivity index (χ1) is 17.1. The third-order valence-electron chi connectivity index (χ3n) is 5.56. The summed E-state index contributed by atoms with van der Waals surface area (Å²) < 4.78 is 26.2. The predicted molar refractivity (Wildman–Crippen MR) is 131 cm³/mol. The minimum absolute atomic E-state index is 0.120. The van der Waals surface area contributed by atoms with Crippen LogP contribution < -0.4 is 14.8 Å². The predicted octanol–water partition coefficient (Wildman–Crippen LogP) is 4.66. The van der Waals surface area contributed by atoms with Gasteiger partial charge >= 0.3 is 0 Å². The number of aromatic nitrogens is 3. The summed E-state index contributed by atoms with van der Waals surface area (Å²) in [6.45, 7) is 2.94. The van der Waals surface area contributed by atoms with Crippen LogP contribution in [0.25, 0.3) is 11.4 Å². The van der Waals surface area contributed by atoms with Gasteiger partial charge in [0, 0.05) is 12.1 Å². The molecule has 1 N–H and O–H groups in total. The van der Waals surface area contributed by atoms with Crippen molar-refractivity contribution in [2.45, 2.75) is 30.4 Å². The summed E-state index contributed by atoms with van der Waals surface area (Å²) in [5.41, 5.74) is 2.74. The molecule has 1 unspecified atom stereocenters. The molecule has 178 valence electrons. The third kappa shape index (κ3) is 5.30. The Balaban J connectivity index is 1.31. The maximum absolute atomic E-state index is 13.5. The topological polar surface area (TPSA) is 78.3 Å². The average Bonchev–Trinajstić information content (AvgIpc) is 3.50. The van der Waals surface area contributed by atoms with Crippen LogP contribution in [0.4, 0.5) is 4.39 Å². The van der Waals surface area contributed by atoms with Crippen LogP contribution in [0.3, 0.4) is 0 Å². The van der Waals surface area contributed by atoms with Crippen LogP contribution >= 0.6 is 11.8 Å². The van der Waals surface area contributed by atoms with Gasteiger partial charge in [-0.1, -0.05) is 48.2 Å². The van der Waals surface area contributed by atoms with E-state index in [-0.39, 0.29) is 18.5 Å². The van der Waals surface area contributed by atoms with E-state index in [0.717, 1.165) is 16.7 Å². The molecule has 1 aromatic heterocycles. The number of nitrogens with zero attached hydrogens (tertiary/aromatic N) is 3. The Bertz CT molecular complexity index is 1330. The van der Waals surface area contributed by atoms with Crippen molar-refractivity contribution in [3.8, 4) is 22.9 Å². The largest absolute Gasteiger partial charge is 0.454 e. The summed E-state index contributed by atoms with van der Waals surface area (Å²) in [5.74, 6) is 1.57. The molecule has 7 nitrogen and oxygen atoms in total. The monoisotopic (exact) mass is 490 g/mol. The molecule has 0 aliphatic carbocycles. The van der Waals surface area contributed by atoms with Crippen LogP contribution in [0, 0.1) is 5.82 Å². The number of benzene rings is 3.